The van der Waals surface area contributed by atoms with Crippen molar-refractivity contribution in [2.45, 2.75) is 45.6 Å². The van der Waals surface area contributed by atoms with Gasteiger partial charge >= 0.3 is 0 Å². The Kier molecular flexibility index (Phi) is 4.36. The predicted molar refractivity (Wildman–Crippen MR) is 77.5 cm³/mol. The number of rotatable bonds is 4. The number of likely N-dealkylation sites (tertiary alicyclic amines) is 1. The van der Waals surface area contributed by atoms with E-state index in [9.17, 15) is 5.11 Å². The summed E-state index contributed by atoms with van der Waals surface area (Å²) in [5.41, 5.74) is 0. The average Bonchev–Trinajstić information content (AvgIpc) is 2.88. The maximum atomic E-state index is 9.28. The topological polar surface area (TPSA) is 54.2 Å². The van der Waals surface area contributed by atoms with Crippen LogP contribution in [0.1, 0.15) is 37.8 Å². The number of aryl methyl sites for hydroxylation is 1. The third-order valence-electron chi connectivity index (χ3n) is 4.79. The second kappa shape index (κ2) is 6.22. The fourth-order valence-electron chi connectivity index (χ4n) is 3.53. The minimum Gasteiger partial charge on any atom is -0.396 e. The highest BCUT2D eigenvalue weighted by Gasteiger charge is 2.24. The molecule has 1 aromatic heterocycles. The predicted octanol–water partition coefficient (Wildman–Crippen LogP) is 1.11. The molecule has 0 aromatic carbocycles. The molecule has 2 aliphatic heterocycles. The molecule has 2 unspecified atom stereocenters. The molecule has 20 heavy (non-hydrogen) atoms. The van der Waals surface area contributed by atoms with Crippen molar-refractivity contribution in [3.63, 3.8) is 0 Å². The van der Waals surface area contributed by atoms with Gasteiger partial charge in [-0.2, -0.15) is 5.10 Å². The quantitative estimate of drug-likeness (QED) is 0.896. The zero-order chi connectivity index (χ0) is 13.9. The van der Waals surface area contributed by atoms with E-state index in [0.717, 1.165) is 44.0 Å². The Morgan fingerprint density at radius 1 is 1.25 bits per heavy atom. The zero-order valence-corrected chi connectivity index (χ0v) is 12.5. The number of hydrogen-bond acceptors (Lipinski definition) is 4. The molecule has 0 spiro atoms. The lowest BCUT2D eigenvalue weighted by Crippen LogP contribution is -2.36. The van der Waals surface area contributed by atoms with E-state index >= 15 is 0 Å². The second-order valence-electron chi connectivity index (χ2n) is 6.31. The molecule has 1 N–H and O–H groups in total. The van der Waals surface area contributed by atoms with Gasteiger partial charge in [0.25, 0.3) is 0 Å². The van der Waals surface area contributed by atoms with E-state index in [1.54, 1.807) is 0 Å². The van der Waals surface area contributed by atoms with Crippen LogP contribution in [-0.4, -0.2) is 51.0 Å². The summed E-state index contributed by atoms with van der Waals surface area (Å²) in [6, 6.07) is 0. The highest BCUT2D eigenvalue weighted by atomic mass is 16.3. The number of aromatic nitrogens is 3. The summed E-state index contributed by atoms with van der Waals surface area (Å²) >= 11 is 0. The van der Waals surface area contributed by atoms with E-state index in [1.807, 2.05) is 0 Å². The van der Waals surface area contributed by atoms with Gasteiger partial charge in [-0.25, -0.2) is 9.67 Å². The molecule has 1 fully saturated rings. The van der Waals surface area contributed by atoms with Crippen LogP contribution in [-0.2, 0) is 19.4 Å². The summed E-state index contributed by atoms with van der Waals surface area (Å²) in [5.74, 6) is 3.18. The summed E-state index contributed by atoms with van der Waals surface area (Å²) in [6.07, 6.45) is 5.53. The Balaban J connectivity index is 1.62. The smallest absolute Gasteiger partial charge is 0.151 e. The Labute approximate surface area is 121 Å². The summed E-state index contributed by atoms with van der Waals surface area (Å²) in [6.45, 7) is 7.03. The molecular weight excluding hydrogens is 252 g/mol. The van der Waals surface area contributed by atoms with Crippen molar-refractivity contribution in [1.82, 2.24) is 19.7 Å². The number of nitrogens with zero attached hydrogens (tertiary/aromatic N) is 4. The minimum atomic E-state index is 0.274. The van der Waals surface area contributed by atoms with E-state index in [1.165, 1.54) is 25.9 Å². The van der Waals surface area contributed by atoms with Crippen LogP contribution in [0.25, 0.3) is 0 Å². The molecule has 112 valence electrons. The van der Waals surface area contributed by atoms with Crippen LogP contribution in [0.3, 0.4) is 0 Å². The summed E-state index contributed by atoms with van der Waals surface area (Å²) in [7, 11) is 0. The van der Waals surface area contributed by atoms with Crippen LogP contribution in [0.4, 0.5) is 0 Å². The molecule has 3 rings (SSSR count). The van der Waals surface area contributed by atoms with Gasteiger partial charge in [0.2, 0.25) is 0 Å². The number of aliphatic hydroxyl groups excluding tert-OH is 1. The largest absolute Gasteiger partial charge is 0.396 e. The van der Waals surface area contributed by atoms with Crippen LogP contribution >= 0.6 is 0 Å². The van der Waals surface area contributed by atoms with E-state index in [0.29, 0.717) is 11.8 Å². The van der Waals surface area contributed by atoms with Gasteiger partial charge in [0.05, 0.1) is 0 Å². The van der Waals surface area contributed by atoms with E-state index in [-0.39, 0.29) is 6.61 Å². The first-order valence-electron chi connectivity index (χ1n) is 8.04. The zero-order valence-electron chi connectivity index (χ0n) is 12.5. The fraction of sp³-hybridized carbons (Fsp3) is 0.867. The van der Waals surface area contributed by atoms with Crippen molar-refractivity contribution in [3.05, 3.63) is 11.6 Å². The van der Waals surface area contributed by atoms with Gasteiger partial charge in [-0.15, -0.1) is 0 Å². The molecule has 0 bridgehead atoms. The molecule has 0 amide bonds. The van der Waals surface area contributed by atoms with Gasteiger partial charge in [-0.05, 0) is 44.2 Å². The Morgan fingerprint density at radius 3 is 2.95 bits per heavy atom. The molecule has 5 nitrogen and oxygen atoms in total. The number of fused-ring (bicyclic) bond motifs is 1. The number of hydrogen-bond donors (Lipinski definition) is 1. The molecule has 2 atom stereocenters. The molecule has 0 radical (unpaired) electrons. The van der Waals surface area contributed by atoms with Gasteiger partial charge in [-0.3, -0.25) is 0 Å². The SMILES string of the molecule is CCN1CCCC(Cc2nc3n(n2)CCC(CO)C3)C1. The summed E-state index contributed by atoms with van der Waals surface area (Å²) < 4.78 is 2.06. The maximum Gasteiger partial charge on any atom is 0.151 e. The van der Waals surface area contributed by atoms with Crippen LogP contribution in [0.5, 0.6) is 0 Å². The van der Waals surface area contributed by atoms with E-state index < -0.39 is 0 Å². The third kappa shape index (κ3) is 3.04. The molecular formula is C15H26N4O. The van der Waals surface area contributed by atoms with Gasteiger partial charge in [0.15, 0.2) is 5.82 Å². The summed E-state index contributed by atoms with van der Waals surface area (Å²) in [5, 5.41) is 13.9. The lowest BCUT2D eigenvalue weighted by molar-refractivity contribution is 0.180. The number of piperidine rings is 1. The van der Waals surface area contributed by atoms with Gasteiger partial charge in [-0.1, -0.05) is 6.92 Å². The van der Waals surface area contributed by atoms with Crippen molar-refractivity contribution in [2.24, 2.45) is 11.8 Å². The Hall–Kier alpha value is -0.940. The monoisotopic (exact) mass is 278 g/mol. The fourth-order valence-corrected chi connectivity index (χ4v) is 3.53. The lowest BCUT2D eigenvalue weighted by atomic mass is 9.94. The van der Waals surface area contributed by atoms with Crippen molar-refractivity contribution in [3.8, 4) is 0 Å². The molecule has 5 heteroatoms. The molecule has 1 saturated heterocycles. The van der Waals surface area contributed by atoms with Crippen molar-refractivity contribution in [2.75, 3.05) is 26.2 Å². The maximum absolute atomic E-state index is 9.28. The van der Waals surface area contributed by atoms with Crippen LogP contribution in [0.2, 0.25) is 0 Å². The van der Waals surface area contributed by atoms with E-state index in [4.69, 9.17) is 4.98 Å². The average molecular weight is 278 g/mol. The van der Waals surface area contributed by atoms with Crippen molar-refractivity contribution < 1.29 is 5.11 Å². The molecule has 1 aromatic rings. The highest BCUT2D eigenvalue weighted by Crippen LogP contribution is 2.22. The third-order valence-corrected chi connectivity index (χ3v) is 4.79. The Morgan fingerprint density at radius 2 is 2.15 bits per heavy atom. The molecule has 3 heterocycles. The highest BCUT2D eigenvalue weighted by molar-refractivity contribution is 4.99. The minimum absolute atomic E-state index is 0.274. The summed E-state index contributed by atoms with van der Waals surface area (Å²) in [4.78, 5) is 7.25. The second-order valence-corrected chi connectivity index (χ2v) is 6.31. The normalized spacial score (nSPS) is 27.5. The van der Waals surface area contributed by atoms with Gasteiger partial charge < -0.3 is 10.0 Å². The number of aliphatic hydroxyl groups is 1. The molecule has 0 saturated carbocycles. The first-order chi connectivity index (χ1) is 9.78. The van der Waals surface area contributed by atoms with Crippen LogP contribution in [0.15, 0.2) is 0 Å². The molecule has 0 aliphatic carbocycles. The van der Waals surface area contributed by atoms with Crippen LogP contribution in [0, 0.1) is 11.8 Å². The standard InChI is InChI=1S/C15H26N4O/c1-2-18-6-3-4-12(10-18)8-14-16-15-9-13(11-20)5-7-19(15)17-14/h12-13,20H,2-11H2,1H3. The lowest BCUT2D eigenvalue weighted by Gasteiger charge is -2.31. The van der Waals surface area contributed by atoms with Crippen molar-refractivity contribution >= 4 is 0 Å². The van der Waals surface area contributed by atoms with E-state index in [2.05, 4.69) is 21.6 Å². The first kappa shape index (κ1) is 14.0. The van der Waals surface area contributed by atoms with Crippen LogP contribution < -0.4 is 0 Å². The molecule has 2 aliphatic rings. The first-order valence-corrected chi connectivity index (χ1v) is 8.04. The van der Waals surface area contributed by atoms with Crippen molar-refractivity contribution in [1.29, 1.82) is 0 Å². The van der Waals surface area contributed by atoms with Gasteiger partial charge in [0, 0.05) is 32.5 Å². The Bertz CT molecular complexity index is 445. The van der Waals surface area contributed by atoms with Gasteiger partial charge in [0.1, 0.15) is 5.82 Å².